The van der Waals surface area contributed by atoms with Crippen molar-refractivity contribution >= 4 is 5.91 Å². The molecule has 1 aliphatic heterocycles. The fourth-order valence-electron chi connectivity index (χ4n) is 2.20. The zero-order valence-corrected chi connectivity index (χ0v) is 11.9. The summed E-state index contributed by atoms with van der Waals surface area (Å²) < 4.78 is 5.07. The molecule has 0 aliphatic carbocycles. The van der Waals surface area contributed by atoms with Gasteiger partial charge in [0.2, 0.25) is 5.91 Å². The average molecular weight is 257 g/mol. The molecule has 1 heterocycles. The summed E-state index contributed by atoms with van der Waals surface area (Å²) in [4.78, 5) is 16.4. The zero-order valence-electron chi connectivity index (χ0n) is 11.9. The van der Waals surface area contributed by atoms with Gasteiger partial charge in [0.15, 0.2) is 0 Å². The normalized spacial score (nSPS) is 17.8. The molecular formula is C13H27N3O2. The van der Waals surface area contributed by atoms with E-state index < -0.39 is 0 Å². The molecule has 1 saturated heterocycles. The van der Waals surface area contributed by atoms with Crippen molar-refractivity contribution in [2.45, 2.75) is 26.3 Å². The number of nitrogens with zero attached hydrogens (tertiary/aromatic N) is 2. The molecule has 1 fully saturated rings. The maximum atomic E-state index is 12.3. The third kappa shape index (κ3) is 5.33. The number of methoxy groups -OCH3 is 1. The Morgan fingerprint density at radius 1 is 1.39 bits per heavy atom. The van der Waals surface area contributed by atoms with Crippen LogP contribution >= 0.6 is 0 Å². The summed E-state index contributed by atoms with van der Waals surface area (Å²) in [5, 5.41) is 3.35. The highest BCUT2D eigenvalue weighted by molar-refractivity contribution is 5.78. The van der Waals surface area contributed by atoms with Crippen molar-refractivity contribution in [3.8, 4) is 0 Å². The van der Waals surface area contributed by atoms with Crippen molar-refractivity contribution in [1.29, 1.82) is 0 Å². The van der Waals surface area contributed by atoms with Crippen LogP contribution in [0.3, 0.4) is 0 Å². The number of hydrogen-bond donors (Lipinski definition) is 1. The molecule has 0 aromatic carbocycles. The molecule has 0 aromatic rings. The number of rotatable bonds is 6. The minimum atomic E-state index is 0.212. The molecule has 18 heavy (non-hydrogen) atoms. The van der Waals surface area contributed by atoms with Crippen LogP contribution in [0.2, 0.25) is 0 Å². The molecule has 5 nitrogen and oxygen atoms in total. The minimum Gasteiger partial charge on any atom is -0.383 e. The van der Waals surface area contributed by atoms with Crippen LogP contribution in [0, 0.1) is 0 Å². The van der Waals surface area contributed by atoms with E-state index in [0.29, 0.717) is 19.7 Å². The number of carbonyl (C=O) groups excluding carboxylic acids is 1. The Balaban J connectivity index is 2.43. The first-order valence-electron chi connectivity index (χ1n) is 6.86. The van der Waals surface area contributed by atoms with Crippen LogP contribution in [-0.4, -0.2) is 74.7 Å². The maximum absolute atomic E-state index is 12.3. The number of hydrogen-bond acceptors (Lipinski definition) is 4. The molecule has 0 spiro atoms. The number of carbonyl (C=O) groups is 1. The molecule has 1 aliphatic rings. The van der Waals surface area contributed by atoms with Crippen LogP contribution in [0.4, 0.5) is 0 Å². The molecule has 0 atom stereocenters. The van der Waals surface area contributed by atoms with Crippen LogP contribution in [0.25, 0.3) is 0 Å². The Bertz CT molecular complexity index is 238. The molecular weight excluding hydrogens is 230 g/mol. The summed E-state index contributed by atoms with van der Waals surface area (Å²) in [7, 11) is 1.67. The summed E-state index contributed by atoms with van der Waals surface area (Å²) >= 11 is 0. The van der Waals surface area contributed by atoms with Gasteiger partial charge in [0.05, 0.1) is 13.2 Å². The van der Waals surface area contributed by atoms with Crippen molar-refractivity contribution in [2.24, 2.45) is 0 Å². The largest absolute Gasteiger partial charge is 0.383 e. The second kappa shape index (κ2) is 8.45. The topological polar surface area (TPSA) is 44.8 Å². The first-order valence-corrected chi connectivity index (χ1v) is 6.86. The van der Waals surface area contributed by atoms with Crippen LogP contribution in [0.1, 0.15) is 20.3 Å². The van der Waals surface area contributed by atoms with Crippen molar-refractivity contribution in [1.82, 2.24) is 15.1 Å². The smallest absolute Gasteiger partial charge is 0.237 e. The molecule has 1 amide bonds. The van der Waals surface area contributed by atoms with Crippen LogP contribution in [-0.2, 0) is 9.53 Å². The van der Waals surface area contributed by atoms with Crippen molar-refractivity contribution in [3.05, 3.63) is 0 Å². The van der Waals surface area contributed by atoms with Crippen LogP contribution < -0.4 is 5.32 Å². The Morgan fingerprint density at radius 3 is 2.83 bits per heavy atom. The molecule has 1 N–H and O–H groups in total. The lowest BCUT2D eigenvalue weighted by atomic mass is 10.3. The Kier molecular flexibility index (Phi) is 7.23. The van der Waals surface area contributed by atoms with E-state index in [9.17, 15) is 4.79 Å². The lowest BCUT2D eigenvalue weighted by Gasteiger charge is -2.29. The Morgan fingerprint density at radius 2 is 2.17 bits per heavy atom. The molecule has 0 saturated carbocycles. The number of nitrogens with one attached hydrogen (secondary N) is 1. The van der Waals surface area contributed by atoms with Gasteiger partial charge in [0.25, 0.3) is 0 Å². The molecule has 1 rings (SSSR count). The van der Waals surface area contributed by atoms with Crippen molar-refractivity contribution < 1.29 is 9.53 Å². The van der Waals surface area contributed by atoms with Crippen LogP contribution in [0.15, 0.2) is 0 Å². The van der Waals surface area contributed by atoms with E-state index in [1.165, 1.54) is 0 Å². The Labute approximate surface area is 110 Å². The second-order valence-electron chi connectivity index (χ2n) is 5.05. The van der Waals surface area contributed by atoms with Gasteiger partial charge in [-0.05, 0) is 33.4 Å². The van der Waals surface area contributed by atoms with Crippen molar-refractivity contribution in [2.75, 3.05) is 53.0 Å². The van der Waals surface area contributed by atoms with Crippen molar-refractivity contribution in [3.63, 3.8) is 0 Å². The minimum absolute atomic E-state index is 0.212. The van der Waals surface area contributed by atoms with E-state index in [-0.39, 0.29) is 11.9 Å². The molecule has 5 heteroatoms. The fourth-order valence-corrected chi connectivity index (χ4v) is 2.20. The van der Waals surface area contributed by atoms with Gasteiger partial charge in [-0.1, -0.05) is 0 Å². The molecule has 0 bridgehead atoms. The van der Waals surface area contributed by atoms with Gasteiger partial charge < -0.3 is 15.0 Å². The summed E-state index contributed by atoms with van der Waals surface area (Å²) in [5.41, 5.74) is 0. The highest BCUT2D eigenvalue weighted by Crippen LogP contribution is 2.02. The predicted octanol–water partition coefficient (Wildman–Crippen LogP) is 0.165. The van der Waals surface area contributed by atoms with E-state index in [1.54, 1.807) is 7.11 Å². The highest BCUT2D eigenvalue weighted by Gasteiger charge is 2.20. The first kappa shape index (κ1) is 15.4. The lowest BCUT2D eigenvalue weighted by Crippen LogP contribution is -2.45. The average Bonchev–Trinajstić information content (AvgIpc) is 2.57. The summed E-state index contributed by atoms with van der Waals surface area (Å²) in [6.07, 6.45) is 1.12. The van der Waals surface area contributed by atoms with Gasteiger partial charge in [-0.2, -0.15) is 0 Å². The first-order chi connectivity index (χ1) is 8.65. The lowest BCUT2D eigenvalue weighted by molar-refractivity contribution is -0.134. The number of amides is 1. The van der Waals surface area contributed by atoms with Crippen LogP contribution in [0.5, 0.6) is 0 Å². The number of ether oxygens (including phenoxy) is 1. The van der Waals surface area contributed by atoms with E-state index in [1.807, 2.05) is 4.90 Å². The molecule has 106 valence electrons. The maximum Gasteiger partial charge on any atom is 0.237 e. The summed E-state index contributed by atoms with van der Waals surface area (Å²) in [5.74, 6) is 0.212. The van der Waals surface area contributed by atoms with Gasteiger partial charge >= 0.3 is 0 Å². The molecule has 0 aromatic heterocycles. The Hall–Kier alpha value is -0.650. The quantitative estimate of drug-likeness (QED) is 0.736. The standard InChI is InChI=1S/C13H27N3O2/c1-12(2)16(9-10-18-3)13(17)11-15-7-4-5-14-6-8-15/h12,14H,4-11H2,1-3H3. The van der Waals surface area contributed by atoms with Gasteiger partial charge in [0, 0.05) is 32.8 Å². The second-order valence-corrected chi connectivity index (χ2v) is 5.05. The van der Waals surface area contributed by atoms with E-state index in [4.69, 9.17) is 4.74 Å². The highest BCUT2D eigenvalue weighted by atomic mass is 16.5. The van der Waals surface area contributed by atoms with Gasteiger partial charge in [-0.25, -0.2) is 0 Å². The molecule has 0 radical (unpaired) electrons. The van der Waals surface area contributed by atoms with E-state index >= 15 is 0 Å². The monoisotopic (exact) mass is 257 g/mol. The van der Waals surface area contributed by atoms with E-state index in [2.05, 4.69) is 24.1 Å². The SMILES string of the molecule is COCCN(C(=O)CN1CCCNCC1)C(C)C. The zero-order chi connectivity index (χ0) is 13.4. The molecule has 0 unspecified atom stereocenters. The van der Waals surface area contributed by atoms with Gasteiger partial charge in [-0.3, -0.25) is 9.69 Å². The summed E-state index contributed by atoms with van der Waals surface area (Å²) in [6.45, 7) is 9.93. The van der Waals surface area contributed by atoms with Gasteiger partial charge in [0.1, 0.15) is 0 Å². The predicted molar refractivity (Wildman–Crippen MR) is 72.7 cm³/mol. The van der Waals surface area contributed by atoms with Gasteiger partial charge in [-0.15, -0.1) is 0 Å². The fraction of sp³-hybridized carbons (Fsp3) is 0.923. The van der Waals surface area contributed by atoms with E-state index in [0.717, 1.165) is 32.6 Å². The summed E-state index contributed by atoms with van der Waals surface area (Å²) in [6, 6.07) is 0.234. The third-order valence-electron chi connectivity index (χ3n) is 3.27. The third-order valence-corrected chi connectivity index (χ3v) is 3.27.